The van der Waals surface area contributed by atoms with Gasteiger partial charge in [-0.05, 0) is 87.8 Å². The summed E-state index contributed by atoms with van der Waals surface area (Å²) in [7, 11) is -4.02. The fourth-order valence-electron chi connectivity index (χ4n) is 5.90. The Balaban J connectivity index is 0.000000401. The maximum absolute atomic E-state index is 14.3. The van der Waals surface area contributed by atoms with Gasteiger partial charge in [0.05, 0.1) is 30.0 Å². The predicted molar refractivity (Wildman–Crippen MR) is 178 cm³/mol. The summed E-state index contributed by atoms with van der Waals surface area (Å²) in [5.74, 6) is 0.795. The van der Waals surface area contributed by atoms with Crippen LogP contribution in [0.2, 0.25) is 0 Å². The van der Waals surface area contributed by atoms with Crippen molar-refractivity contribution in [3.63, 3.8) is 0 Å². The second-order valence-corrected chi connectivity index (χ2v) is 14.1. The zero-order valence-electron chi connectivity index (χ0n) is 27.8. The highest BCUT2D eigenvalue weighted by molar-refractivity contribution is 7.85. The number of carbonyl (C=O) groups excluding carboxylic acids is 1. The molecule has 0 aliphatic carbocycles. The number of aryl methyl sites for hydroxylation is 1. The summed E-state index contributed by atoms with van der Waals surface area (Å²) in [4.78, 5) is 24.5. The Hall–Kier alpha value is -3.88. The third-order valence-corrected chi connectivity index (χ3v) is 9.59. The number of carbonyl (C=O) groups is 1. The van der Waals surface area contributed by atoms with Crippen LogP contribution in [0.4, 0.5) is 19.5 Å². The summed E-state index contributed by atoms with van der Waals surface area (Å²) in [6.45, 7) is 10.7. The maximum Gasteiger partial charge on any atom is 0.410 e. The van der Waals surface area contributed by atoms with Crippen LogP contribution in [0.5, 0.6) is 5.75 Å². The van der Waals surface area contributed by atoms with Gasteiger partial charge < -0.3 is 25.0 Å². The summed E-state index contributed by atoms with van der Waals surface area (Å²) in [6.07, 6.45) is 5.76. The molecule has 3 aromatic rings. The van der Waals surface area contributed by atoms with Crippen molar-refractivity contribution in [3.05, 3.63) is 77.6 Å². The molecule has 3 heterocycles. The first kappa shape index (κ1) is 36.9. The second kappa shape index (κ2) is 16.5. The molecule has 48 heavy (non-hydrogen) atoms. The summed E-state index contributed by atoms with van der Waals surface area (Å²) in [5, 5.41) is 0. The Morgan fingerprint density at radius 2 is 1.69 bits per heavy atom. The van der Waals surface area contributed by atoms with E-state index >= 15 is 0 Å². The maximum atomic E-state index is 14.3. The molecule has 2 saturated heterocycles. The lowest BCUT2D eigenvalue weighted by Gasteiger charge is -2.34. The Bertz CT molecular complexity index is 1600. The zero-order chi connectivity index (χ0) is 35.0. The van der Waals surface area contributed by atoms with Crippen LogP contribution in [0.15, 0.2) is 59.8 Å². The lowest BCUT2D eigenvalue weighted by atomic mass is 9.84. The van der Waals surface area contributed by atoms with Gasteiger partial charge >= 0.3 is 6.09 Å². The monoisotopic (exact) mass is 689 g/mol. The van der Waals surface area contributed by atoms with E-state index in [1.165, 1.54) is 18.2 Å². The fourth-order valence-corrected chi connectivity index (χ4v) is 6.38. The molecular weight excluding hydrogens is 644 g/mol. The molecule has 0 saturated carbocycles. The number of rotatable bonds is 9. The molecule has 262 valence electrons. The summed E-state index contributed by atoms with van der Waals surface area (Å²) >= 11 is 0. The van der Waals surface area contributed by atoms with Crippen molar-refractivity contribution in [3.8, 4) is 5.75 Å². The number of likely N-dealkylation sites (tertiary alicyclic amines) is 1. The number of piperidine rings is 1. The number of amides is 1. The lowest BCUT2D eigenvalue weighted by molar-refractivity contribution is 0.0596. The highest BCUT2D eigenvalue weighted by Gasteiger charge is 2.34. The highest BCUT2D eigenvalue weighted by Crippen LogP contribution is 2.31. The van der Waals surface area contributed by atoms with Crippen LogP contribution in [0.25, 0.3) is 0 Å². The average molecular weight is 690 g/mol. The van der Waals surface area contributed by atoms with Gasteiger partial charge in [-0.1, -0.05) is 24.6 Å². The molecule has 0 spiro atoms. The number of nitrogens with two attached hydrogens (primary N) is 1. The van der Waals surface area contributed by atoms with Gasteiger partial charge in [0.25, 0.3) is 10.1 Å². The van der Waals surface area contributed by atoms with Crippen LogP contribution < -0.4 is 15.4 Å². The molecule has 11 nitrogen and oxygen atoms in total. The number of nitrogens with zero attached hydrogens (tertiary/aromatic N) is 4. The van der Waals surface area contributed by atoms with Gasteiger partial charge in [-0.3, -0.25) is 4.55 Å². The molecule has 5 rings (SSSR count). The van der Waals surface area contributed by atoms with Crippen molar-refractivity contribution in [1.29, 1.82) is 0 Å². The van der Waals surface area contributed by atoms with E-state index in [0.29, 0.717) is 43.2 Å². The first-order chi connectivity index (χ1) is 22.7. The van der Waals surface area contributed by atoms with Gasteiger partial charge in [0.1, 0.15) is 11.6 Å². The molecule has 2 aliphatic rings. The minimum absolute atomic E-state index is 0.0666. The van der Waals surface area contributed by atoms with Gasteiger partial charge in [-0.25, -0.2) is 23.5 Å². The molecule has 14 heteroatoms. The molecule has 0 unspecified atom stereocenters. The Labute approximate surface area is 281 Å². The minimum Gasteiger partial charge on any atom is -0.490 e. The Kier molecular flexibility index (Phi) is 12.7. The van der Waals surface area contributed by atoms with E-state index in [4.69, 9.17) is 19.8 Å². The molecule has 2 aromatic carbocycles. The molecule has 2 fully saturated rings. The van der Waals surface area contributed by atoms with E-state index in [1.54, 1.807) is 29.4 Å². The van der Waals surface area contributed by atoms with Gasteiger partial charge in [0.15, 0.2) is 5.75 Å². The van der Waals surface area contributed by atoms with Crippen molar-refractivity contribution < 1.29 is 36.0 Å². The number of halogens is 2. The van der Waals surface area contributed by atoms with Crippen molar-refractivity contribution in [1.82, 2.24) is 14.9 Å². The van der Waals surface area contributed by atoms with E-state index in [0.717, 1.165) is 50.0 Å². The third kappa shape index (κ3) is 10.3. The molecule has 3 N–H and O–H groups in total. The first-order valence-corrected chi connectivity index (χ1v) is 17.5. The molecule has 3 atom stereocenters. The van der Waals surface area contributed by atoms with Crippen LogP contribution in [0.1, 0.15) is 57.1 Å². The van der Waals surface area contributed by atoms with E-state index in [1.807, 2.05) is 25.7 Å². The van der Waals surface area contributed by atoms with E-state index in [9.17, 15) is 22.0 Å². The van der Waals surface area contributed by atoms with Crippen LogP contribution in [-0.4, -0.2) is 78.9 Å². The number of anilines is 1. The van der Waals surface area contributed by atoms with E-state index in [2.05, 4.69) is 16.9 Å². The first-order valence-electron chi connectivity index (χ1n) is 16.1. The van der Waals surface area contributed by atoms with Crippen molar-refractivity contribution in [2.24, 2.45) is 17.6 Å². The summed E-state index contributed by atoms with van der Waals surface area (Å²) in [6, 6.07) is 9.09. The largest absolute Gasteiger partial charge is 0.490 e. The Morgan fingerprint density at radius 3 is 2.29 bits per heavy atom. The van der Waals surface area contributed by atoms with Gasteiger partial charge in [0, 0.05) is 38.1 Å². The molecule has 1 aromatic heterocycles. The molecule has 2 aliphatic heterocycles. The SMILES string of the molecule is CC(C)OC(=O)N1CCC([C@H](C)CCOc2cnc(N3C[C@H](c4cc(F)ccc4F)[C@@H](N)C3)nc2)CC1.Cc1ccc(S(=O)(=O)O)cc1. The molecule has 1 amide bonds. The molecule has 0 radical (unpaired) electrons. The third-order valence-electron chi connectivity index (χ3n) is 8.72. The van der Waals surface area contributed by atoms with E-state index < -0.39 is 21.8 Å². The molecular formula is C34H45F2N5O6S. The summed E-state index contributed by atoms with van der Waals surface area (Å²) < 4.78 is 68.6. The fraction of sp³-hybridized carbons (Fsp3) is 0.500. The van der Waals surface area contributed by atoms with Crippen molar-refractivity contribution >= 4 is 22.2 Å². The summed E-state index contributed by atoms with van der Waals surface area (Å²) in [5.41, 5.74) is 7.49. The number of hydrogen-bond donors (Lipinski definition) is 2. The number of benzene rings is 2. The second-order valence-electron chi connectivity index (χ2n) is 12.7. The predicted octanol–water partition coefficient (Wildman–Crippen LogP) is 5.59. The zero-order valence-corrected chi connectivity index (χ0v) is 28.6. The number of ether oxygens (including phenoxy) is 2. The van der Waals surface area contributed by atoms with Gasteiger partial charge in [-0.2, -0.15) is 8.42 Å². The molecule has 0 bridgehead atoms. The number of hydrogen-bond acceptors (Lipinski definition) is 9. The number of aromatic nitrogens is 2. The van der Waals surface area contributed by atoms with Crippen LogP contribution in [-0.2, 0) is 14.9 Å². The normalized spacial score (nSPS) is 19.1. The van der Waals surface area contributed by atoms with Crippen molar-refractivity contribution in [2.45, 2.75) is 69.9 Å². The highest BCUT2D eigenvalue weighted by atomic mass is 32.2. The Morgan fingerprint density at radius 1 is 1.04 bits per heavy atom. The van der Waals surface area contributed by atoms with Crippen LogP contribution >= 0.6 is 0 Å². The minimum atomic E-state index is -4.02. The van der Waals surface area contributed by atoms with Crippen molar-refractivity contribution in [2.75, 3.05) is 37.7 Å². The van der Waals surface area contributed by atoms with Gasteiger partial charge in [0.2, 0.25) is 5.95 Å². The average Bonchev–Trinajstić information content (AvgIpc) is 3.43. The quantitative estimate of drug-likeness (QED) is 0.273. The smallest absolute Gasteiger partial charge is 0.410 e. The van der Waals surface area contributed by atoms with E-state index in [-0.39, 0.29) is 34.6 Å². The van der Waals surface area contributed by atoms with Gasteiger partial charge in [-0.15, -0.1) is 0 Å². The van der Waals surface area contributed by atoms with Crippen LogP contribution in [0.3, 0.4) is 0 Å². The topological polar surface area (TPSA) is 148 Å². The standard InChI is InChI=1S/C27H37F2N5O3.C7H8O3S/c1-17(2)37-27(35)33-9-6-19(7-10-33)18(3)8-11-36-21-13-31-26(32-14-21)34-15-23(25(30)16-34)22-12-20(28)4-5-24(22)29;1-6-2-4-7(5-3-6)11(8,9)10/h4-5,12-14,17-19,23,25H,6-11,15-16,30H2,1-3H3;2-5H,1H3,(H,8,9,10)/t18-,23-,25+;/m1./s1. The lowest BCUT2D eigenvalue weighted by Crippen LogP contribution is -2.41. The van der Waals surface area contributed by atoms with Crippen LogP contribution in [0, 0.1) is 30.4 Å².